The fraction of sp³-hybridized carbons (Fsp3) is 0.375. The van der Waals surface area contributed by atoms with Gasteiger partial charge in [-0.1, -0.05) is 37.5 Å². The molecule has 2 aromatic rings. The van der Waals surface area contributed by atoms with E-state index in [4.69, 9.17) is 4.74 Å². The molecule has 0 radical (unpaired) electrons. The van der Waals surface area contributed by atoms with Crippen LogP contribution in [-0.2, 0) is 11.3 Å². The Hall–Kier alpha value is -3.15. The molecule has 0 bridgehead atoms. The first-order chi connectivity index (χ1) is 14.6. The molecule has 0 atom stereocenters. The summed E-state index contributed by atoms with van der Waals surface area (Å²) in [5.74, 6) is -0.845. The maximum absolute atomic E-state index is 13.2. The molecule has 1 aliphatic carbocycles. The molecule has 4 rings (SSSR count). The Morgan fingerprint density at radius 3 is 2.63 bits per heavy atom. The summed E-state index contributed by atoms with van der Waals surface area (Å²) in [5, 5.41) is 2.82. The van der Waals surface area contributed by atoms with Gasteiger partial charge in [-0.05, 0) is 49.6 Å². The highest BCUT2D eigenvalue weighted by Crippen LogP contribution is 2.32. The first-order valence-corrected chi connectivity index (χ1v) is 10.6. The number of rotatable bonds is 5. The van der Waals surface area contributed by atoms with Crippen molar-refractivity contribution in [2.45, 2.75) is 51.6 Å². The van der Waals surface area contributed by atoms with Crippen molar-refractivity contribution >= 4 is 23.5 Å². The van der Waals surface area contributed by atoms with E-state index >= 15 is 0 Å². The van der Waals surface area contributed by atoms with E-state index < -0.39 is 5.97 Å². The molecule has 0 aromatic heterocycles. The van der Waals surface area contributed by atoms with Crippen LogP contribution in [0.15, 0.2) is 42.5 Å². The molecule has 2 amide bonds. The lowest BCUT2D eigenvalue weighted by molar-refractivity contribution is 0.0525. The zero-order chi connectivity index (χ0) is 21.1. The van der Waals surface area contributed by atoms with E-state index in [1.54, 1.807) is 37.3 Å². The van der Waals surface area contributed by atoms with Crippen molar-refractivity contribution in [1.29, 1.82) is 0 Å². The number of nitrogens with zero attached hydrogens (tertiary/aromatic N) is 1. The average Bonchev–Trinajstić information content (AvgIpc) is 3.11. The third-order valence-corrected chi connectivity index (χ3v) is 5.86. The lowest BCUT2D eigenvalue weighted by Crippen LogP contribution is -2.37. The van der Waals surface area contributed by atoms with Crippen LogP contribution < -0.4 is 5.32 Å². The van der Waals surface area contributed by atoms with Gasteiger partial charge in [0.05, 0.1) is 23.3 Å². The van der Waals surface area contributed by atoms with Crippen LogP contribution in [0.4, 0.5) is 5.69 Å². The highest BCUT2D eigenvalue weighted by molar-refractivity contribution is 6.14. The average molecular weight is 406 g/mol. The van der Waals surface area contributed by atoms with Crippen molar-refractivity contribution < 1.29 is 19.1 Å². The summed E-state index contributed by atoms with van der Waals surface area (Å²) >= 11 is 0. The van der Waals surface area contributed by atoms with E-state index in [2.05, 4.69) is 5.32 Å². The van der Waals surface area contributed by atoms with Gasteiger partial charge in [-0.3, -0.25) is 9.59 Å². The number of nitrogens with one attached hydrogen (secondary N) is 1. The molecular formula is C24H26N2O4. The maximum Gasteiger partial charge on any atom is 0.338 e. The Morgan fingerprint density at radius 2 is 1.87 bits per heavy atom. The number of carbonyl (C=O) groups excluding carboxylic acids is 3. The first kappa shape index (κ1) is 20.1. The summed E-state index contributed by atoms with van der Waals surface area (Å²) in [6, 6.07) is 12.3. The number of anilines is 1. The number of amides is 2. The monoisotopic (exact) mass is 406 g/mol. The molecular weight excluding hydrogens is 380 g/mol. The second-order valence-electron chi connectivity index (χ2n) is 7.82. The Bertz CT molecular complexity index is 979. The van der Waals surface area contributed by atoms with Crippen molar-refractivity contribution in [1.82, 2.24) is 4.90 Å². The molecule has 30 heavy (non-hydrogen) atoms. The van der Waals surface area contributed by atoms with Crippen molar-refractivity contribution in [2.75, 3.05) is 11.9 Å². The standard InChI is InChI=1S/C24H26N2O4/c1-2-30-24(29)16-8-6-10-18(14-16)25-22(27)20-13-7-9-17-15-26(23(28)21(17)20)19-11-4-3-5-12-19/h6-10,13-14,19H,2-5,11-12,15H2,1H3,(H,25,27). The van der Waals surface area contributed by atoms with Crippen LogP contribution in [-0.4, -0.2) is 35.3 Å². The third-order valence-electron chi connectivity index (χ3n) is 5.86. The third kappa shape index (κ3) is 3.95. The molecule has 1 N–H and O–H groups in total. The summed E-state index contributed by atoms with van der Waals surface area (Å²) in [4.78, 5) is 40.1. The fourth-order valence-corrected chi connectivity index (χ4v) is 4.40. The molecule has 2 aliphatic rings. The van der Waals surface area contributed by atoms with Gasteiger partial charge in [0.2, 0.25) is 0 Å². The van der Waals surface area contributed by atoms with E-state index in [0.717, 1.165) is 31.2 Å². The predicted octanol–water partition coefficient (Wildman–Crippen LogP) is 4.40. The van der Waals surface area contributed by atoms with Crippen LogP contribution in [0.25, 0.3) is 0 Å². The SMILES string of the molecule is CCOC(=O)c1cccc(NC(=O)c2cccc3c2C(=O)N(C2CCCCC2)C3)c1. The molecule has 156 valence electrons. The molecule has 0 spiro atoms. The molecule has 6 heteroatoms. The highest BCUT2D eigenvalue weighted by Gasteiger charge is 2.36. The molecule has 1 aliphatic heterocycles. The Balaban J connectivity index is 1.55. The summed E-state index contributed by atoms with van der Waals surface area (Å²) in [6.45, 7) is 2.59. The fourth-order valence-electron chi connectivity index (χ4n) is 4.40. The van der Waals surface area contributed by atoms with Crippen molar-refractivity contribution in [3.63, 3.8) is 0 Å². The number of esters is 1. The lowest BCUT2D eigenvalue weighted by Gasteiger charge is -2.30. The smallest absolute Gasteiger partial charge is 0.338 e. The van der Waals surface area contributed by atoms with Crippen LogP contribution in [0.2, 0.25) is 0 Å². The second-order valence-corrected chi connectivity index (χ2v) is 7.82. The summed E-state index contributed by atoms with van der Waals surface area (Å²) in [6.07, 6.45) is 5.58. The Labute approximate surface area is 176 Å². The van der Waals surface area contributed by atoms with Gasteiger partial charge in [0.25, 0.3) is 11.8 Å². The Morgan fingerprint density at radius 1 is 1.10 bits per heavy atom. The van der Waals surface area contributed by atoms with E-state index in [0.29, 0.717) is 28.9 Å². The zero-order valence-electron chi connectivity index (χ0n) is 17.1. The van der Waals surface area contributed by atoms with Crippen LogP contribution >= 0.6 is 0 Å². The summed E-state index contributed by atoms with van der Waals surface area (Å²) < 4.78 is 5.01. The summed E-state index contributed by atoms with van der Waals surface area (Å²) in [5.41, 5.74) is 2.63. The molecule has 6 nitrogen and oxygen atoms in total. The quantitative estimate of drug-likeness (QED) is 0.747. The number of ether oxygens (including phenoxy) is 1. The van der Waals surface area contributed by atoms with Gasteiger partial charge in [-0.25, -0.2) is 4.79 Å². The minimum Gasteiger partial charge on any atom is -0.462 e. The van der Waals surface area contributed by atoms with Crippen LogP contribution in [0.1, 0.15) is 75.7 Å². The zero-order valence-corrected chi connectivity index (χ0v) is 17.1. The largest absolute Gasteiger partial charge is 0.462 e. The molecule has 2 aromatic carbocycles. The van der Waals surface area contributed by atoms with Crippen molar-refractivity contribution in [2.24, 2.45) is 0 Å². The molecule has 1 heterocycles. The van der Waals surface area contributed by atoms with Gasteiger partial charge in [0, 0.05) is 18.3 Å². The lowest BCUT2D eigenvalue weighted by atomic mass is 9.94. The van der Waals surface area contributed by atoms with E-state index in [1.165, 1.54) is 6.42 Å². The minimum atomic E-state index is -0.437. The van der Waals surface area contributed by atoms with Crippen LogP contribution in [0.3, 0.4) is 0 Å². The topological polar surface area (TPSA) is 75.7 Å². The first-order valence-electron chi connectivity index (χ1n) is 10.6. The summed E-state index contributed by atoms with van der Waals surface area (Å²) in [7, 11) is 0. The Kier molecular flexibility index (Phi) is 5.84. The molecule has 0 unspecified atom stereocenters. The van der Waals surface area contributed by atoms with E-state index in [-0.39, 0.29) is 24.5 Å². The number of carbonyl (C=O) groups is 3. The highest BCUT2D eigenvalue weighted by atomic mass is 16.5. The van der Waals surface area contributed by atoms with Crippen LogP contribution in [0, 0.1) is 0 Å². The molecule has 1 fully saturated rings. The van der Waals surface area contributed by atoms with Crippen molar-refractivity contribution in [3.05, 3.63) is 64.7 Å². The van der Waals surface area contributed by atoms with Gasteiger partial charge in [0.1, 0.15) is 0 Å². The van der Waals surface area contributed by atoms with Gasteiger partial charge in [-0.2, -0.15) is 0 Å². The maximum atomic E-state index is 13.2. The second kappa shape index (κ2) is 8.69. The number of hydrogen-bond donors (Lipinski definition) is 1. The normalized spacial score (nSPS) is 16.3. The van der Waals surface area contributed by atoms with Gasteiger partial charge >= 0.3 is 5.97 Å². The number of hydrogen-bond acceptors (Lipinski definition) is 4. The van der Waals surface area contributed by atoms with Crippen molar-refractivity contribution in [3.8, 4) is 0 Å². The van der Waals surface area contributed by atoms with Crippen LogP contribution in [0.5, 0.6) is 0 Å². The number of benzene rings is 2. The van der Waals surface area contributed by atoms with Gasteiger partial charge in [-0.15, -0.1) is 0 Å². The predicted molar refractivity (Wildman–Crippen MR) is 114 cm³/mol. The molecule has 0 saturated heterocycles. The molecule has 1 saturated carbocycles. The van der Waals surface area contributed by atoms with E-state index in [1.807, 2.05) is 17.0 Å². The minimum absolute atomic E-state index is 0.0528. The van der Waals surface area contributed by atoms with Gasteiger partial charge < -0.3 is 15.0 Å². The number of fused-ring (bicyclic) bond motifs is 1. The van der Waals surface area contributed by atoms with E-state index in [9.17, 15) is 14.4 Å². The van der Waals surface area contributed by atoms with Gasteiger partial charge in [0.15, 0.2) is 0 Å².